The van der Waals surface area contributed by atoms with Crippen LogP contribution in [0.15, 0.2) is 34.8 Å². The molecule has 0 bridgehead atoms. The lowest BCUT2D eigenvalue weighted by atomic mass is 10.2. The fraction of sp³-hybridized carbons (Fsp3) is 0.200. The van der Waals surface area contributed by atoms with Crippen molar-refractivity contribution < 1.29 is 9.47 Å². The summed E-state index contributed by atoms with van der Waals surface area (Å²) in [4.78, 5) is 0. The van der Waals surface area contributed by atoms with Gasteiger partial charge in [-0.05, 0) is 17.7 Å². The standard InChI is InChI=1S/C15H12BrCl2NO2/c16-11-5-10(17)2-1-9(11)8-19-13-7-15-14(6-12(13)18)20-3-4-21-15/h1-2,5-7,19H,3-4,8H2. The zero-order chi connectivity index (χ0) is 14.8. The number of anilines is 1. The van der Waals surface area contributed by atoms with Crippen molar-refractivity contribution in [3.8, 4) is 11.5 Å². The van der Waals surface area contributed by atoms with Crippen molar-refractivity contribution in [2.75, 3.05) is 18.5 Å². The van der Waals surface area contributed by atoms with Gasteiger partial charge in [-0.3, -0.25) is 0 Å². The van der Waals surface area contributed by atoms with Crippen LogP contribution in [-0.4, -0.2) is 13.2 Å². The maximum atomic E-state index is 6.26. The van der Waals surface area contributed by atoms with Gasteiger partial charge in [0.1, 0.15) is 13.2 Å². The van der Waals surface area contributed by atoms with Crippen molar-refractivity contribution in [2.24, 2.45) is 0 Å². The van der Waals surface area contributed by atoms with Crippen LogP contribution >= 0.6 is 39.1 Å². The Hall–Kier alpha value is -1.10. The monoisotopic (exact) mass is 387 g/mol. The van der Waals surface area contributed by atoms with E-state index in [-0.39, 0.29) is 0 Å². The van der Waals surface area contributed by atoms with Crippen LogP contribution in [0.5, 0.6) is 11.5 Å². The number of fused-ring (bicyclic) bond motifs is 1. The molecule has 110 valence electrons. The molecule has 0 saturated heterocycles. The highest BCUT2D eigenvalue weighted by molar-refractivity contribution is 9.10. The fourth-order valence-electron chi connectivity index (χ4n) is 2.05. The first-order valence-electron chi connectivity index (χ1n) is 6.40. The molecule has 6 heteroatoms. The number of ether oxygens (including phenoxy) is 2. The molecule has 3 rings (SSSR count). The molecule has 0 aliphatic carbocycles. The highest BCUT2D eigenvalue weighted by Gasteiger charge is 2.15. The maximum absolute atomic E-state index is 6.26. The zero-order valence-electron chi connectivity index (χ0n) is 11.0. The summed E-state index contributed by atoms with van der Waals surface area (Å²) in [7, 11) is 0. The molecule has 0 amide bonds. The van der Waals surface area contributed by atoms with E-state index in [1.807, 2.05) is 24.3 Å². The quantitative estimate of drug-likeness (QED) is 0.789. The zero-order valence-corrected chi connectivity index (χ0v) is 14.1. The molecular formula is C15H12BrCl2NO2. The maximum Gasteiger partial charge on any atom is 0.163 e. The molecule has 1 aliphatic rings. The lowest BCUT2D eigenvalue weighted by Crippen LogP contribution is -2.15. The average molecular weight is 389 g/mol. The minimum absolute atomic E-state index is 0.549. The van der Waals surface area contributed by atoms with Crippen LogP contribution in [0.2, 0.25) is 10.0 Å². The van der Waals surface area contributed by atoms with E-state index >= 15 is 0 Å². The van der Waals surface area contributed by atoms with Crippen LogP contribution in [0, 0.1) is 0 Å². The lowest BCUT2D eigenvalue weighted by Gasteiger charge is -2.20. The van der Waals surface area contributed by atoms with E-state index in [0.717, 1.165) is 15.7 Å². The molecule has 2 aromatic carbocycles. The predicted molar refractivity (Wildman–Crippen MR) is 88.9 cm³/mol. The Labute approximate surface area is 141 Å². The third-order valence-corrected chi connectivity index (χ3v) is 4.40. The van der Waals surface area contributed by atoms with Gasteiger partial charge in [0.2, 0.25) is 0 Å². The number of hydrogen-bond donors (Lipinski definition) is 1. The van der Waals surface area contributed by atoms with Gasteiger partial charge in [-0.2, -0.15) is 0 Å². The number of rotatable bonds is 3. The van der Waals surface area contributed by atoms with Gasteiger partial charge in [0, 0.05) is 28.2 Å². The normalized spacial score (nSPS) is 13.1. The first-order chi connectivity index (χ1) is 10.1. The van der Waals surface area contributed by atoms with Gasteiger partial charge in [-0.1, -0.05) is 45.2 Å². The topological polar surface area (TPSA) is 30.5 Å². The Kier molecular flexibility index (Phi) is 4.48. The molecular weight excluding hydrogens is 377 g/mol. The predicted octanol–water partition coefficient (Wildman–Crippen LogP) is 5.14. The molecule has 3 nitrogen and oxygen atoms in total. The van der Waals surface area contributed by atoms with Crippen molar-refractivity contribution in [1.82, 2.24) is 0 Å². The van der Waals surface area contributed by atoms with Crippen molar-refractivity contribution in [1.29, 1.82) is 0 Å². The highest BCUT2D eigenvalue weighted by atomic mass is 79.9. The Balaban J connectivity index is 1.78. The van der Waals surface area contributed by atoms with Crippen molar-refractivity contribution >= 4 is 44.8 Å². The molecule has 0 fully saturated rings. The van der Waals surface area contributed by atoms with Crippen LogP contribution in [0.1, 0.15) is 5.56 Å². The van der Waals surface area contributed by atoms with Crippen LogP contribution in [0.3, 0.4) is 0 Å². The van der Waals surface area contributed by atoms with Crippen LogP contribution in [0.25, 0.3) is 0 Å². The Morgan fingerprint density at radius 1 is 1.05 bits per heavy atom. The SMILES string of the molecule is Clc1ccc(CNc2cc3c(cc2Cl)OCCO3)c(Br)c1. The fourth-order valence-corrected chi connectivity index (χ4v) is 3.10. The van der Waals surface area contributed by atoms with Crippen LogP contribution in [0.4, 0.5) is 5.69 Å². The Morgan fingerprint density at radius 2 is 1.76 bits per heavy atom. The van der Waals surface area contributed by atoms with Gasteiger partial charge in [0.05, 0.1) is 10.7 Å². The molecule has 0 saturated carbocycles. The van der Waals surface area contributed by atoms with Gasteiger partial charge in [0.15, 0.2) is 11.5 Å². The van der Waals surface area contributed by atoms with E-state index in [4.69, 9.17) is 32.7 Å². The number of nitrogens with one attached hydrogen (secondary N) is 1. The lowest BCUT2D eigenvalue weighted by molar-refractivity contribution is 0.171. The number of benzene rings is 2. The molecule has 2 aromatic rings. The summed E-state index contributed by atoms with van der Waals surface area (Å²) in [6.07, 6.45) is 0. The van der Waals surface area contributed by atoms with Gasteiger partial charge < -0.3 is 14.8 Å². The third kappa shape index (κ3) is 3.39. The third-order valence-electron chi connectivity index (χ3n) is 3.12. The summed E-state index contributed by atoms with van der Waals surface area (Å²) in [5.74, 6) is 1.40. The van der Waals surface area contributed by atoms with Gasteiger partial charge in [0.25, 0.3) is 0 Å². The molecule has 0 spiro atoms. The van der Waals surface area contributed by atoms with Gasteiger partial charge >= 0.3 is 0 Å². The summed E-state index contributed by atoms with van der Waals surface area (Å²) >= 11 is 15.7. The molecule has 0 atom stereocenters. The number of hydrogen-bond acceptors (Lipinski definition) is 3. The summed E-state index contributed by atoms with van der Waals surface area (Å²) in [5.41, 5.74) is 1.90. The summed E-state index contributed by atoms with van der Waals surface area (Å²) < 4.78 is 12.0. The van der Waals surface area contributed by atoms with Crippen LogP contribution < -0.4 is 14.8 Å². The second kappa shape index (κ2) is 6.34. The summed E-state index contributed by atoms with van der Waals surface area (Å²) in [6, 6.07) is 9.32. The first-order valence-corrected chi connectivity index (χ1v) is 7.95. The minimum atomic E-state index is 0.549. The van der Waals surface area contributed by atoms with E-state index in [0.29, 0.717) is 41.3 Å². The molecule has 1 N–H and O–H groups in total. The van der Waals surface area contributed by atoms with Gasteiger partial charge in [-0.25, -0.2) is 0 Å². The molecule has 21 heavy (non-hydrogen) atoms. The smallest absolute Gasteiger partial charge is 0.163 e. The average Bonchev–Trinajstić information content (AvgIpc) is 2.46. The van der Waals surface area contributed by atoms with E-state index < -0.39 is 0 Å². The number of halogens is 3. The van der Waals surface area contributed by atoms with Crippen molar-refractivity contribution in [2.45, 2.75) is 6.54 Å². The van der Waals surface area contributed by atoms with Crippen molar-refractivity contribution in [3.63, 3.8) is 0 Å². The summed E-state index contributed by atoms with van der Waals surface area (Å²) in [5, 5.41) is 4.60. The van der Waals surface area contributed by atoms with Crippen LogP contribution in [-0.2, 0) is 6.54 Å². The molecule has 0 radical (unpaired) electrons. The Bertz CT molecular complexity index is 679. The second-order valence-corrected chi connectivity index (χ2v) is 6.26. The molecule has 1 heterocycles. The Morgan fingerprint density at radius 3 is 2.48 bits per heavy atom. The van der Waals surface area contributed by atoms with Crippen molar-refractivity contribution in [3.05, 3.63) is 50.4 Å². The second-order valence-electron chi connectivity index (χ2n) is 4.56. The van der Waals surface area contributed by atoms with Gasteiger partial charge in [-0.15, -0.1) is 0 Å². The first kappa shape index (κ1) is 14.8. The van der Waals surface area contributed by atoms with E-state index in [1.54, 1.807) is 6.07 Å². The molecule has 1 aliphatic heterocycles. The van der Waals surface area contributed by atoms with E-state index in [2.05, 4.69) is 21.2 Å². The summed E-state index contributed by atoms with van der Waals surface area (Å²) in [6.45, 7) is 1.72. The minimum Gasteiger partial charge on any atom is -0.486 e. The highest BCUT2D eigenvalue weighted by Crippen LogP contribution is 2.38. The van der Waals surface area contributed by atoms with E-state index in [9.17, 15) is 0 Å². The largest absolute Gasteiger partial charge is 0.486 e. The molecule has 0 aromatic heterocycles. The molecule has 0 unspecified atom stereocenters. The van der Waals surface area contributed by atoms with E-state index in [1.165, 1.54) is 0 Å².